The van der Waals surface area contributed by atoms with Gasteiger partial charge in [0, 0.05) is 36.8 Å². The van der Waals surface area contributed by atoms with E-state index in [4.69, 9.17) is 22.1 Å². The van der Waals surface area contributed by atoms with E-state index >= 15 is 0 Å². The molecule has 7 nitrogen and oxygen atoms in total. The molecule has 33 heavy (non-hydrogen) atoms. The van der Waals surface area contributed by atoms with Gasteiger partial charge in [0.15, 0.2) is 0 Å². The number of ether oxygens (including phenoxy) is 1. The van der Waals surface area contributed by atoms with Crippen LogP contribution in [0.3, 0.4) is 0 Å². The fraction of sp³-hybridized carbons (Fsp3) is 0.542. The predicted molar refractivity (Wildman–Crippen MR) is 126 cm³/mol. The number of benzene rings is 1. The van der Waals surface area contributed by atoms with Crippen molar-refractivity contribution in [2.75, 3.05) is 24.5 Å². The molecule has 178 valence electrons. The zero-order valence-corrected chi connectivity index (χ0v) is 20.3. The highest BCUT2D eigenvalue weighted by molar-refractivity contribution is 6.30. The Hall–Kier alpha value is -2.29. The second-order valence-electron chi connectivity index (χ2n) is 9.76. The number of carbonyl (C=O) groups excluding carboxylic acids is 1. The topological polar surface area (TPSA) is 84.6 Å². The summed E-state index contributed by atoms with van der Waals surface area (Å²) in [5, 5.41) is 0.0368. The monoisotopic (exact) mass is 475 g/mol. The first-order valence-corrected chi connectivity index (χ1v) is 11.7. The number of carbonyl (C=O) groups is 1. The van der Waals surface area contributed by atoms with Crippen LogP contribution in [0.5, 0.6) is 0 Å². The van der Waals surface area contributed by atoms with E-state index in [1.165, 1.54) is 12.1 Å². The summed E-state index contributed by atoms with van der Waals surface area (Å²) in [5.74, 6) is -0.253. The average molecular weight is 476 g/mol. The minimum Gasteiger partial charge on any atom is -0.367 e. The zero-order chi connectivity index (χ0) is 23.9. The maximum Gasteiger partial charge on any atom is 0.230 e. The second kappa shape index (κ2) is 9.16. The standard InChI is InChI=1S/C24H31ClFN5O2/c1-14-11-30(7-8-31(14)22-21-15(2)33-12-20(21)28-13-29-22)23(32)17(10-24(3,4)27)16-5-6-18(25)19(26)9-16/h5-6,9,13-15,17H,7-8,10-12,27H2,1-4H3/t14-,15?,17?/m0/s1. The van der Waals surface area contributed by atoms with Crippen molar-refractivity contribution >= 4 is 23.3 Å². The lowest BCUT2D eigenvalue weighted by Gasteiger charge is -2.42. The molecule has 3 heterocycles. The highest BCUT2D eigenvalue weighted by Gasteiger charge is 2.36. The highest BCUT2D eigenvalue weighted by atomic mass is 35.5. The Bertz CT molecular complexity index is 1040. The van der Waals surface area contributed by atoms with E-state index in [0.29, 0.717) is 38.2 Å². The number of hydrogen-bond acceptors (Lipinski definition) is 6. The van der Waals surface area contributed by atoms with Crippen LogP contribution in [-0.4, -0.2) is 52.0 Å². The predicted octanol–water partition coefficient (Wildman–Crippen LogP) is 3.81. The Morgan fingerprint density at radius 2 is 2.09 bits per heavy atom. The van der Waals surface area contributed by atoms with Crippen molar-refractivity contribution in [2.45, 2.75) is 64.3 Å². The zero-order valence-electron chi connectivity index (χ0n) is 19.5. The molecule has 3 atom stereocenters. The maximum atomic E-state index is 14.2. The Morgan fingerprint density at radius 1 is 1.33 bits per heavy atom. The van der Waals surface area contributed by atoms with Crippen LogP contribution in [0, 0.1) is 5.82 Å². The summed E-state index contributed by atoms with van der Waals surface area (Å²) in [6, 6.07) is 4.60. The van der Waals surface area contributed by atoms with Crippen LogP contribution in [0.25, 0.3) is 0 Å². The van der Waals surface area contributed by atoms with Gasteiger partial charge >= 0.3 is 0 Å². The van der Waals surface area contributed by atoms with Crippen LogP contribution in [0.1, 0.15) is 63.0 Å². The molecule has 0 saturated carbocycles. The molecule has 0 aliphatic carbocycles. The van der Waals surface area contributed by atoms with Crippen LogP contribution in [0.15, 0.2) is 24.5 Å². The van der Waals surface area contributed by atoms with Crippen LogP contribution in [0.2, 0.25) is 5.02 Å². The van der Waals surface area contributed by atoms with Gasteiger partial charge < -0.3 is 20.3 Å². The Kier molecular flexibility index (Phi) is 6.62. The van der Waals surface area contributed by atoms with Crippen LogP contribution >= 0.6 is 11.6 Å². The quantitative estimate of drug-likeness (QED) is 0.707. The molecular formula is C24H31ClFN5O2. The smallest absolute Gasteiger partial charge is 0.230 e. The summed E-state index contributed by atoms with van der Waals surface area (Å²) in [4.78, 5) is 26.6. The molecule has 1 fully saturated rings. The van der Waals surface area contributed by atoms with Crippen molar-refractivity contribution < 1.29 is 13.9 Å². The summed E-state index contributed by atoms with van der Waals surface area (Å²) < 4.78 is 20.0. The van der Waals surface area contributed by atoms with Gasteiger partial charge in [-0.1, -0.05) is 17.7 Å². The Morgan fingerprint density at radius 3 is 2.76 bits per heavy atom. The lowest BCUT2D eigenvalue weighted by atomic mass is 9.85. The van der Waals surface area contributed by atoms with Crippen molar-refractivity contribution in [3.8, 4) is 0 Å². The normalized spacial score (nSPS) is 21.8. The van der Waals surface area contributed by atoms with E-state index in [0.717, 1.165) is 17.1 Å². The number of nitrogens with zero attached hydrogens (tertiary/aromatic N) is 4. The van der Waals surface area contributed by atoms with Crippen LogP contribution in [0.4, 0.5) is 10.2 Å². The van der Waals surface area contributed by atoms with E-state index in [2.05, 4.69) is 21.8 Å². The van der Waals surface area contributed by atoms with Crippen molar-refractivity contribution in [2.24, 2.45) is 5.73 Å². The molecular weight excluding hydrogens is 445 g/mol. The molecule has 2 aromatic rings. The SMILES string of the molecule is CC1OCc2ncnc(N3CCN(C(=O)C(CC(C)(C)N)c4ccc(Cl)c(F)c4)C[C@@H]3C)c21. The molecule has 2 aliphatic heterocycles. The number of aromatic nitrogens is 2. The van der Waals surface area contributed by atoms with Crippen molar-refractivity contribution in [1.29, 1.82) is 0 Å². The van der Waals surface area contributed by atoms with Crippen LogP contribution < -0.4 is 10.6 Å². The highest BCUT2D eigenvalue weighted by Crippen LogP contribution is 2.37. The number of amides is 1. The van der Waals surface area contributed by atoms with Crippen molar-refractivity contribution in [3.63, 3.8) is 0 Å². The molecule has 1 amide bonds. The molecule has 2 unspecified atom stereocenters. The summed E-state index contributed by atoms with van der Waals surface area (Å²) in [5.41, 5.74) is 8.23. The van der Waals surface area contributed by atoms with Gasteiger partial charge in [-0.15, -0.1) is 0 Å². The summed E-state index contributed by atoms with van der Waals surface area (Å²) >= 11 is 5.87. The minimum absolute atomic E-state index is 0.0368. The summed E-state index contributed by atoms with van der Waals surface area (Å²) in [6.07, 6.45) is 1.92. The van der Waals surface area contributed by atoms with Gasteiger partial charge in [-0.2, -0.15) is 0 Å². The van der Waals surface area contributed by atoms with E-state index in [1.54, 1.807) is 12.4 Å². The minimum atomic E-state index is -0.596. The van der Waals surface area contributed by atoms with Crippen molar-refractivity contribution in [1.82, 2.24) is 14.9 Å². The van der Waals surface area contributed by atoms with E-state index in [1.807, 2.05) is 25.7 Å². The molecule has 0 radical (unpaired) electrons. The number of piperazine rings is 1. The molecule has 9 heteroatoms. The fourth-order valence-electron chi connectivity index (χ4n) is 4.76. The summed E-state index contributed by atoms with van der Waals surface area (Å²) in [7, 11) is 0. The molecule has 2 aliphatic rings. The van der Waals surface area contributed by atoms with E-state index in [9.17, 15) is 9.18 Å². The Labute approximate surface area is 199 Å². The second-order valence-corrected chi connectivity index (χ2v) is 10.2. The third kappa shape index (κ3) is 4.98. The molecule has 2 N–H and O–H groups in total. The van der Waals surface area contributed by atoms with Gasteiger partial charge in [0.25, 0.3) is 0 Å². The van der Waals surface area contributed by atoms with Crippen molar-refractivity contribution in [3.05, 3.63) is 52.2 Å². The van der Waals surface area contributed by atoms with Gasteiger partial charge in [0.05, 0.1) is 29.3 Å². The van der Waals surface area contributed by atoms with Gasteiger partial charge in [0.1, 0.15) is 18.0 Å². The van der Waals surface area contributed by atoms with Gasteiger partial charge in [-0.3, -0.25) is 4.79 Å². The molecule has 4 rings (SSSR count). The van der Waals surface area contributed by atoms with Gasteiger partial charge in [0.2, 0.25) is 5.91 Å². The molecule has 1 aromatic heterocycles. The van der Waals surface area contributed by atoms with Gasteiger partial charge in [-0.05, 0) is 51.8 Å². The lowest BCUT2D eigenvalue weighted by molar-refractivity contribution is -0.134. The molecule has 0 spiro atoms. The lowest BCUT2D eigenvalue weighted by Crippen LogP contribution is -2.55. The number of halogens is 2. The third-order valence-electron chi connectivity index (χ3n) is 6.41. The number of fused-ring (bicyclic) bond motifs is 1. The first-order chi connectivity index (χ1) is 15.5. The number of rotatable bonds is 5. The largest absolute Gasteiger partial charge is 0.367 e. The maximum absolute atomic E-state index is 14.2. The average Bonchev–Trinajstić information content (AvgIpc) is 3.14. The van der Waals surface area contributed by atoms with E-state index < -0.39 is 17.3 Å². The first-order valence-electron chi connectivity index (χ1n) is 11.3. The molecule has 1 aromatic carbocycles. The fourth-order valence-corrected chi connectivity index (χ4v) is 4.88. The number of hydrogen-bond donors (Lipinski definition) is 1. The third-order valence-corrected chi connectivity index (χ3v) is 6.71. The van der Waals surface area contributed by atoms with Crippen LogP contribution in [-0.2, 0) is 16.1 Å². The van der Waals surface area contributed by atoms with E-state index in [-0.39, 0.29) is 23.1 Å². The molecule has 0 bridgehead atoms. The first kappa shape index (κ1) is 23.9. The number of nitrogens with two attached hydrogens (primary N) is 1. The van der Waals surface area contributed by atoms with Gasteiger partial charge in [-0.25, -0.2) is 14.4 Å². The number of anilines is 1. The summed E-state index contributed by atoms with van der Waals surface area (Å²) in [6.45, 7) is 10.0. The Balaban J connectivity index is 1.55. The molecule has 1 saturated heterocycles.